The molecular formula is C14H23F3N4. The molecule has 1 aromatic heterocycles. The van der Waals surface area contributed by atoms with Gasteiger partial charge in [-0.1, -0.05) is 20.3 Å². The quantitative estimate of drug-likeness (QED) is 0.794. The number of hydrogen-bond acceptors (Lipinski definition) is 4. The summed E-state index contributed by atoms with van der Waals surface area (Å²) < 4.78 is 38.5. The lowest BCUT2D eigenvalue weighted by Gasteiger charge is -2.19. The molecule has 2 atom stereocenters. The molecule has 120 valence electrons. The Hall–Kier alpha value is -1.53. The van der Waals surface area contributed by atoms with E-state index in [0.29, 0.717) is 12.5 Å². The number of alkyl halides is 3. The van der Waals surface area contributed by atoms with Crippen molar-refractivity contribution in [3.05, 3.63) is 11.8 Å². The van der Waals surface area contributed by atoms with E-state index in [9.17, 15) is 13.2 Å². The largest absolute Gasteiger partial charge is 0.433 e. The maximum absolute atomic E-state index is 12.8. The maximum atomic E-state index is 12.8. The van der Waals surface area contributed by atoms with Gasteiger partial charge in [0.25, 0.3) is 0 Å². The number of aromatic nitrogens is 2. The van der Waals surface area contributed by atoms with E-state index < -0.39 is 11.9 Å². The second-order valence-corrected chi connectivity index (χ2v) is 5.28. The molecular weight excluding hydrogens is 281 g/mol. The number of nitrogens with zero attached hydrogens (tertiary/aromatic N) is 2. The van der Waals surface area contributed by atoms with Crippen molar-refractivity contribution >= 4 is 11.8 Å². The van der Waals surface area contributed by atoms with Gasteiger partial charge in [-0.15, -0.1) is 0 Å². The predicted octanol–water partition coefficient (Wildman–Crippen LogP) is 4.16. The highest BCUT2D eigenvalue weighted by Gasteiger charge is 2.33. The number of halogens is 3. The fourth-order valence-electron chi connectivity index (χ4n) is 1.99. The summed E-state index contributed by atoms with van der Waals surface area (Å²) >= 11 is 0. The van der Waals surface area contributed by atoms with E-state index in [1.807, 2.05) is 6.92 Å². The van der Waals surface area contributed by atoms with Crippen LogP contribution in [0.15, 0.2) is 6.07 Å². The standard InChI is InChI=1S/C14H23F3N4/c1-5-9(3)7-10(4)19-12-8-11(14(15,16)17)20-13(21-12)18-6-2/h8-10H,5-7H2,1-4H3,(H2,18,19,20,21). The van der Waals surface area contributed by atoms with E-state index in [4.69, 9.17) is 0 Å². The Balaban J connectivity index is 2.92. The van der Waals surface area contributed by atoms with Crippen LogP contribution in [0.3, 0.4) is 0 Å². The monoisotopic (exact) mass is 304 g/mol. The fourth-order valence-corrected chi connectivity index (χ4v) is 1.99. The third kappa shape index (κ3) is 5.77. The van der Waals surface area contributed by atoms with Crippen molar-refractivity contribution in [2.45, 2.75) is 52.8 Å². The first-order chi connectivity index (χ1) is 9.76. The first-order valence-electron chi connectivity index (χ1n) is 7.22. The Morgan fingerprint density at radius 3 is 2.38 bits per heavy atom. The summed E-state index contributed by atoms with van der Waals surface area (Å²) in [5.74, 6) is 0.694. The van der Waals surface area contributed by atoms with Crippen molar-refractivity contribution in [3.63, 3.8) is 0 Å². The molecule has 21 heavy (non-hydrogen) atoms. The Bertz CT molecular complexity index is 448. The van der Waals surface area contributed by atoms with E-state index in [1.165, 1.54) is 0 Å². The number of nitrogens with one attached hydrogen (secondary N) is 2. The van der Waals surface area contributed by atoms with Crippen molar-refractivity contribution in [1.29, 1.82) is 0 Å². The van der Waals surface area contributed by atoms with Crippen LogP contribution in [0.4, 0.5) is 24.9 Å². The van der Waals surface area contributed by atoms with Crippen molar-refractivity contribution in [2.75, 3.05) is 17.2 Å². The smallest absolute Gasteiger partial charge is 0.367 e. The molecule has 0 fully saturated rings. The molecule has 1 aromatic rings. The third-order valence-electron chi connectivity index (χ3n) is 3.20. The van der Waals surface area contributed by atoms with Gasteiger partial charge in [0.15, 0.2) is 5.69 Å². The first kappa shape index (κ1) is 17.5. The van der Waals surface area contributed by atoms with Crippen molar-refractivity contribution in [3.8, 4) is 0 Å². The Morgan fingerprint density at radius 1 is 1.19 bits per heavy atom. The van der Waals surface area contributed by atoms with E-state index >= 15 is 0 Å². The summed E-state index contributed by atoms with van der Waals surface area (Å²) in [5.41, 5.74) is -0.938. The van der Waals surface area contributed by atoms with Gasteiger partial charge >= 0.3 is 6.18 Å². The molecule has 0 saturated carbocycles. The van der Waals surface area contributed by atoms with Crippen LogP contribution in [-0.2, 0) is 6.18 Å². The number of rotatable bonds is 7. The fraction of sp³-hybridized carbons (Fsp3) is 0.714. The molecule has 0 aliphatic carbocycles. The normalized spacial score (nSPS) is 14.6. The summed E-state index contributed by atoms with van der Waals surface area (Å²) in [6.45, 7) is 8.39. The van der Waals surface area contributed by atoms with Gasteiger partial charge < -0.3 is 10.6 Å². The zero-order valence-corrected chi connectivity index (χ0v) is 12.9. The summed E-state index contributed by atoms with van der Waals surface area (Å²) in [6.07, 6.45) is -2.58. The van der Waals surface area contributed by atoms with Crippen LogP contribution in [0.2, 0.25) is 0 Å². The molecule has 0 aliphatic heterocycles. The van der Waals surface area contributed by atoms with Crippen molar-refractivity contribution in [1.82, 2.24) is 9.97 Å². The highest BCUT2D eigenvalue weighted by Crippen LogP contribution is 2.30. The molecule has 0 aliphatic rings. The van der Waals surface area contributed by atoms with Gasteiger partial charge in [0, 0.05) is 18.7 Å². The van der Waals surface area contributed by atoms with Crippen LogP contribution >= 0.6 is 0 Å². The number of anilines is 2. The topological polar surface area (TPSA) is 49.8 Å². The van der Waals surface area contributed by atoms with Gasteiger partial charge in [0.05, 0.1) is 0 Å². The number of hydrogen-bond donors (Lipinski definition) is 2. The van der Waals surface area contributed by atoms with Crippen molar-refractivity contribution < 1.29 is 13.2 Å². The Labute approximate surface area is 123 Å². The molecule has 0 aromatic carbocycles. The lowest BCUT2D eigenvalue weighted by atomic mass is 10.0. The van der Waals surface area contributed by atoms with Crippen LogP contribution in [0.1, 0.15) is 46.2 Å². The molecule has 0 saturated heterocycles. The SMILES string of the molecule is CCNc1nc(NC(C)CC(C)CC)cc(C(F)(F)F)n1. The van der Waals surface area contributed by atoms with Crippen LogP contribution in [-0.4, -0.2) is 22.6 Å². The lowest BCUT2D eigenvalue weighted by Crippen LogP contribution is -2.21. The van der Waals surface area contributed by atoms with Crippen LogP contribution in [0.25, 0.3) is 0 Å². The van der Waals surface area contributed by atoms with Gasteiger partial charge in [-0.2, -0.15) is 18.2 Å². The van der Waals surface area contributed by atoms with Gasteiger partial charge in [-0.05, 0) is 26.2 Å². The second-order valence-electron chi connectivity index (χ2n) is 5.28. The van der Waals surface area contributed by atoms with Crippen LogP contribution in [0.5, 0.6) is 0 Å². The highest BCUT2D eigenvalue weighted by molar-refractivity contribution is 5.43. The first-order valence-corrected chi connectivity index (χ1v) is 7.22. The van der Waals surface area contributed by atoms with Crippen LogP contribution in [0, 0.1) is 5.92 Å². The molecule has 0 radical (unpaired) electrons. The third-order valence-corrected chi connectivity index (χ3v) is 3.20. The Kier molecular flexibility index (Phi) is 6.23. The molecule has 0 spiro atoms. The van der Waals surface area contributed by atoms with Gasteiger partial charge in [-0.3, -0.25) is 0 Å². The molecule has 0 bridgehead atoms. The molecule has 1 rings (SSSR count). The van der Waals surface area contributed by atoms with Crippen LogP contribution < -0.4 is 10.6 Å². The molecule has 2 unspecified atom stereocenters. The van der Waals surface area contributed by atoms with E-state index in [0.717, 1.165) is 18.9 Å². The van der Waals surface area contributed by atoms with Gasteiger partial charge in [0.2, 0.25) is 5.95 Å². The molecule has 4 nitrogen and oxygen atoms in total. The zero-order valence-electron chi connectivity index (χ0n) is 12.9. The van der Waals surface area contributed by atoms with Gasteiger partial charge in [0.1, 0.15) is 5.82 Å². The summed E-state index contributed by atoms with van der Waals surface area (Å²) in [6, 6.07) is 0.999. The summed E-state index contributed by atoms with van der Waals surface area (Å²) in [4.78, 5) is 7.57. The predicted molar refractivity (Wildman–Crippen MR) is 78.4 cm³/mol. The summed E-state index contributed by atoms with van der Waals surface area (Å²) in [5, 5.41) is 5.75. The Morgan fingerprint density at radius 2 is 1.86 bits per heavy atom. The average molecular weight is 304 g/mol. The maximum Gasteiger partial charge on any atom is 0.433 e. The average Bonchev–Trinajstić information content (AvgIpc) is 2.37. The molecule has 7 heteroatoms. The second kappa shape index (κ2) is 7.47. The molecule has 1 heterocycles. The molecule has 2 N–H and O–H groups in total. The van der Waals surface area contributed by atoms with E-state index in [2.05, 4.69) is 34.4 Å². The molecule has 0 amide bonds. The lowest BCUT2D eigenvalue weighted by molar-refractivity contribution is -0.141. The highest BCUT2D eigenvalue weighted by atomic mass is 19.4. The summed E-state index contributed by atoms with van der Waals surface area (Å²) in [7, 11) is 0. The van der Waals surface area contributed by atoms with E-state index in [1.54, 1.807) is 6.92 Å². The minimum Gasteiger partial charge on any atom is -0.367 e. The minimum atomic E-state index is -4.48. The zero-order chi connectivity index (χ0) is 16.0. The van der Waals surface area contributed by atoms with E-state index in [-0.39, 0.29) is 17.8 Å². The van der Waals surface area contributed by atoms with Gasteiger partial charge in [-0.25, -0.2) is 4.98 Å². The van der Waals surface area contributed by atoms with Crippen molar-refractivity contribution in [2.24, 2.45) is 5.92 Å². The minimum absolute atomic E-state index is 0.00874.